The van der Waals surface area contributed by atoms with Crippen LogP contribution in [0.5, 0.6) is 0 Å². The molecule has 0 radical (unpaired) electrons. The van der Waals surface area contributed by atoms with Gasteiger partial charge >= 0.3 is 0 Å². The van der Waals surface area contributed by atoms with Crippen LogP contribution in [0.15, 0.2) is 41.8 Å². The molecular formula is C29H39N5O2S. The number of carbonyl (C=O) groups is 2. The predicted octanol–water partition coefficient (Wildman–Crippen LogP) is 3.88. The van der Waals surface area contributed by atoms with Gasteiger partial charge in [0, 0.05) is 44.0 Å². The molecule has 3 unspecified atom stereocenters. The van der Waals surface area contributed by atoms with E-state index in [1.54, 1.807) is 23.2 Å². The largest absolute Gasteiger partial charge is 0.354 e. The van der Waals surface area contributed by atoms with Crippen LogP contribution in [0.25, 0.3) is 0 Å². The molecule has 0 spiro atoms. The summed E-state index contributed by atoms with van der Waals surface area (Å²) in [6.07, 6.45) is 5.98. The maximum atomic E-state index is 13.4. The Bertz CT molecular complexity index is 1060. The van der Waals surface area contributed by atoms with Gasteiger partial charge in [0.1, 0.15) is 6.04 Å². The Kier molecular flexibility index (Phi) is 9.73. The quantitative estimate of drug-likeness (QED) is 0.521. The van der Waals surface area contributed by atoms with E-state index in [-0.39, 0.29) is 17.9 Å². The number of hydrogen-bond acceptors (Lipinski definition) is 6. The van der Waals surface area contributed by atoms with Crippen LogP contribution in [0.4, 0.5) is 0 Å². The molecule has 0 bridgehead atoms. The Morgan fingerprint density at radius 3 is 2.59 bits per heavy atom. The fourth-order valence-electron chi connectivity index (χ4n) is 5.90. The van der Waals surface area contributed by atoms with Gasteiger partial charge < -0.3 is 16.0 Å². The number of nitrogens with two attached hydrogens (primary N) is 1. The molecule has 2 aliphatic rings. The van der Waals surface area contributed by atoms with Crippen molar-refractivity contribution in [1.82, 2.24) is 15.1 Å². The SMILES string of the molecule is CC(=O)N1CCC(N(Cc2ccc(C#N)cc2)Cc2cccs2)C[C@@H]1C(=O)NCC1CCCC(CN)C1. The molecule has 1 saturated carbocycles. The van der Waals surface area contributed by atoms with Crippen LogP contribution in [-0.2, 0) is 22.7 Å². The molecule has 2 aromatic rings. The zero-order valence-corrected chi connectivity index (χ0v) is 22.6. The van der Waals surface area contributed by atoms with E-state index in [2.05, 4.69) is 33.8 Å². The first-order chi connectivity index (χ1) is 18.0. The van der Waals surface area contributed by atoms with E-state index >= 15 is 0 Å². The number of thiophene rings is 1. The molecule has 4 rings (SSSR count). The zero-order valence-electron chi connectivity index (χ0n) is 21.8. The summed E-state index contributed by atoms with van der Waals surface area (Å²) >= 11 is 1.73. The fraction of sp³-hybridized carbons (Fsp3) is 0.552. The lowest BCUT2D eigenvalue weighted by molar-refractivity contribution is -0.142. The first-order valence-electron chi connectivity index (χ1n) is 13.5. The third-order valence-corrected chi connectivity index (χ3v) is 8.86. The average Bonchev–Trinajstić information content (AvgIpc) is 3.44. The molecule has 1 saturated heterocycles. The number of benzene rings is 1. The van der Waals surface area contributed by atoms with Crippen molar-refractivity contribution in [2.24, 2.45) is 17.6 Å². The minimum Gasteiger partial charge on any atom is -0.354 e. The molecule has 1 aliphatic heterocycles. The third-order valence-electron chi connectivity index (χ3n) is 8.00. The van der Waals surface area contributed by atoms with Crippen LogP contribution in [0.2, 0.25) is 0 Å². The molecule has 2 heterocycles. The number of carbonyl (C=O) groups excluding carboxylic acids is 2. The van der Waals surface area contributed by atoms with Crippen molar-refractivity contribution in [3.8, 4) is 6.07 Å². The molecule has 2 fully saturated rings. The molecule has 3 N–H and O–H groups in total. The lowest BCUT2D eigenvalue weighted by Gasteiger charge is -2.42. The molecular weight excluding hydrogens is 482 g/mol. The second-order valence-corrected chi connectivity index (χ2v) is 11.6. The van der Waals surface area contributed by atoms with Crippen molar-refractivity contribution in [2.45, 2.75) is 70.6 Å². The van der Waals surface area contributed by atoms with Crippen molar-refractivity contribution in [3.05, 3.63) is 57.8 Å². The minimum atomic E-state index is -0.461. The lowest BCUT2D eigenvalue weighted by atomic mass is 9.81. The first-order valence-corrected chi connectivity index (χ1v) is 14.3. The number of nitrogens with one attached hydrogen (secondary N) is 1. The molecule has 2 amide bonds. The van der Waals surface area contributed by atoms with Crippen LogP contribution in [0.3, 0.4) is 0 Å². The minimum absolute atomic E-state index is 0.0378. The van der Waals surface area contributed by atoms with E-state index in [4.69, 9.17) is 11.0 Å². The van der Waals surface area contributed by atoms with Crippen molar-refractivity contribution in [2.75, 3.05) is 19.6 Å². The Hall–Kier alpha value is -2.73. The van der Waals surface area contributed by atoms with Gasteiger partial charge in [0.2, 0.25) is 11.8 Å². The van der Waals surface area contributed by atoms with Gasteiger partial charge in [-0.15, -0.1) is 11.3 Å². The van der Waals surface area contributed by atoms with E-state index in [0.717, 1.165) is 37.9 Å². The summed E-state index contributed by atoms with van der Waals surface area (Å²) in [5.74, 6) is 0.931. The van der Waals surface area contributed by atoms with Gasteiger partial charge in [-0.05, 0) is 79.6 Å². The van der Waals surface area contributed by atoms with Gasteiger partial charge in [-0.25, -0.2) is 0 Å². The molecule has 1 aliphatic carbocycles. The fourth-order valence-corrected chi connectivity index (χ4v) is 6.63. The number of hydrogen-bond donors (Lipinski definition) is 2. The summed E-state index contributed by atoms with van der Waals surface area (Å²) in [6.45, 7) is 5.03. The monoisotopic (exact) mass is 521 g/mol. The number of nitrogens with zero attached hydrogens (tertiary/aromatic N) is 3. The van der Waals surface area contributed by atoms with Crippen LogP contribution < -0.4 is 11.1 Å². The smallest absolute Gasteiger partial charge is 0.242 e. The van der Waals surface area contributed by atoms with Gasteiger partial charge in [0.15, 0.2) is 0 Å². The Labute approximate surface area is 224 Å². The molecule has 8 heteroatoms. The molecule has 7 nitrogen and oxygen atoms in total. The number of rotatable bonds is 9. The first kappa shape index (κ1) is 27.3. The highest BCUT2D eigenvalue weighted by Crippen LogP contribution is 2.29. The zero-order chi connectivity index (χ0) is 26.2. The summed E-state index contributed by atoms with van der Waals surface area (Å²) in [7, 11) is 0. The molecule has 4 atom stereocenters. The molecule has 37 heavy (non-hydrogen) atoms. The third kappa shape index (κ3) is 7.41. The second kappa shape index (κ2) is 13.2. The summed E-state index contributed by atoms with van der Waals surface area (Å²) < 4.78 is 0. The highest BCUT2D eigenvalue weighted by Gasteiger charge is 2.37. The lowest BCUT2D eigenvalue weighted by Crippen LogP contribution is -2.57. The van der Waals surface area contributed by atoms with Gasteiger partial charge in [-0.3, -0.25) is 14.5 Å². The predicted molar refractivity (Wildman–Crippen MR) is 146 cm³/mol. The van der Waals surface area contributed by atoms with Crippen LogP contribution in [0, 0.1) is 23.2 Å². The van der Waals surface area contributed by atoms with Crippen LogP contribution in [0.1, 0.15) is 61.5 Å². The van der Waals surface area contributed by atoms with Gasteiger partial charge in [-0.1, -0.05) is 24.6 Å². The summed E-state index contributed by atoms with van der Waals surface area (Å²) in [5.41, 5.74) is 7.69. The highest BCUT2D eigenvalue weighted by atomic mass is 32.1. The molecule has 1 aromatic carbocycles. The van der Waals surface area contributed by atoms with E-state index in [9.17, 15) is 9.59 Å². The standard InChI is InChI=1S/C29H39N5O2S/c1-21(35)34-12-11-26(15-28(34)29(36)32-18-25-5-2-4-24(14-25)17-31)33(20-27-6-3-13-37-27)19-23-9-7-22(16-30)8-10-23/h3,6-10,13,24-26,28H,2,4-5,11-12,14-15,17-20,31H2,1H3,(H,32,36)/t24?,25?,26?,28-/m1/s1. The van der Waals surface area contributed by atoms with E-state index in [1.807, 2.05) is 24.3 Å². The Morgan fingerprint density at radius 1 is 1.14 bits per heavy atom. The van der Waals surface area contributed by atoms with E-state index < -0.39 is 6.04 Å². The van der Waals surface area contributed by atoms with E-state index in [0.29, 0.717) is 43.5 Å². The number of likely N-dealkylation sites (tertiary alicyclic amines) is 1. The normalized spacial score (nSPS) is 24.0. The van der Waals surface area contributed by atoms with E-state index in [1.165, 1.54) is 17.7 Å². The number of nitriles is 1. The Balaban J connectivity index is 1.46. The maximum Gasteiger partial charge on any atom is 0.242 e. The maximum absolute atomic E-state index is 13.4. The van der Waals surface area contributed by atoms with Crippen LogP contribution >= 0.6 is 11.3 Å². The van der Waals surface area contributed by atoms with Crippen LogP contribution in [-0.4, -0.2) is 53.3 Å². The molecule has 198 valence electrons. The van der Waals surface area contributed by atoms with Crippen molar-refractivity contribution < 1.29 is 9.59 Å². The van der Waals surface area contributed by atoms with Gasteiger partial charge in [0.05, 0.1) is 11.6 Å². The average molecular weight is 522 g/mol. The van der Waals surface area contributed by atoms with Crippen molar-refractivity contribution in [3.63, 3.8) is 0 Å². The summed E-state index contributed by atoms with van der Waals surface area (Å²) in [4.78, 5) is 31.4. The van der Waals surface area contributed by atoms with Crippen molar-refractivity contribution in [1.29, 1.82) is 5.26 Å². The number of amides is 2. The Morgan fingerprint density at radius 2 is 1.92 bits per heavy atom. The summed E-state index contributed by atoms with van der Waals surface area (Å²) in [5, 5.41) is 14.4. The summed E-state index contributed by atoms with van der Waals surface area (Å²) in [6, 6.07) is 13.8. The molecule has 1 aromatic heterocycles. The second-order valence-electron chi connectivity index (χ2n) is 10.6. The topological polar surface area (TPSA) is 102 Å². The van der Waals surface area contributed by atoms with Crippen molar-refractivity contribution >= 4 is 23.2 Å². The highest BCUT2D eigenvalue weighted by molar-refractivity contribution is 7.09. The van der Waals surface area contributed by atoms with Gasteiger partial charge in [0.25, 0.3) is 0 Å². The number of piperidine rings is 1. The van der Waals surface area contributed by atoms with Gasteiger partial charge in [-0.2, -0.15) is 5.26 Å².